The Morgan fingerprint density at radius 2 is 2.09 bits per heavy atom. The Hall–Kier alpha value is -3.30. The van der Waals surface area contributed by atoms with E-state index in [1.807, 2.05) is 30.7 Å². The second-order valence-corrected chi connectivity index (χ2v) is 7.77. The Morgan fingerprint density at radius 1 is 1.31 bits per heavy atom. The lowest BCUT2D eigenvalue weighted by Crippen LogP contribution is -2.46. The molecule has 2 aromatic heterocycles. The number of carbonyl (C=O) groups is 1. The van der Waals surface area contributed by atoms with Gasteiger partial charge in [0, 0.05) is 64.0 Å². The van der Waals surface area contributed by atoms with Crippen LogP contribution < -0.4 is 10.1 Å². The first-order chi connectivity index (χ1) is 15.5. The third kappa shape index (κ3) is 4.49. The monoisotopic (exact) mass is 438 g/mol. The van der Waals surface area contributed by atoms with Crippen LogP contribution in [-0.2, 0) is 7.05 Å². The van der Waals surface area contributed by atoms with E-state index in [9.17, 15) is 9.18 Å². The molecule has 1 aliphatic rings. The number of rotatable bonds is 7. The molecule has 0 spiro atoms. The zero-order valence-electron chi connectivity index (χ0n) is 18.3. The molecule has 0 saturated carbocycles. The fraction of sp³-hybridized carbons (Fsp3) is 0.348. The summed E-state index contributed by atoms with van der Waals surface area (Å²) in [5.41, 5.74) is 2.23. The van der Waals surface area contributed by atoms with E-state index in [2.05, 4.69) is 27.0 Å². The SMILES string of the molecule is C=NN(CCN1CCNCC1)C(=O)c1c(C)c2ccc(Oc3cccc(F)n3)cc2n1C. The molecule has 0 radical (unpaired) electrons. The van der Waals surface area contributed by atoms with Gasteiger partial charge in [-0.1, -0.05) is 6.07 Å². The first kappa shape index (κ1) is 21.9. The highest BCUT2D eigenvalue weighted by Crippen LogP contribution is 2.30. The van der Waals surface area contributed by atoms with Crippen LogP contribution in [0.1, 0.15) is 16.1 Å². The number of fused-ring (bicyclic) bond motifs is 1. The van der Waals surface area contributed by atoms with Gasteiger partial charge in [-0.25, -0.2) is 5.01 Å². The second kappa shape index (κ2) is 9.46. The number of nitrogens with one attached hydrogen (secondary N) is 1. The number of amides is 1. The van der Waals surface area contributed by atoms with Crippen molar-refractivity contribution < 1.29 is 13.9 Å². The largest absolute Gasteiger partial charge is 0.439 e. The van der Waals surface area contributed by atoms with Crippen molar-refractivity contribution in [3.8, 4) is 11.6 Å². The van der Waals surface area contributed by atoms with Crippen molar-refractivity contribution in [1.82, 2.24) is 24.8 Å². The molecule has 1 fully saturated rings. The summed E-state index contributed by atoms with van der Waals surface area (Å²) < 4.78 is 20.9. The Kier molecular flexibility index (Phi) is 6.48. The third-order valence-corrected chi connectivity index (χ3v) is 5.78. The molecule has 1 N–H and O–H groups in total. The molecule has 0 aliphatic carbocycles. The lowest BCUT2D eigenvalue weighted by atomic mass is 10.1. The van der Waals surface area contributed by atoms with E-state index in [0.717, 1.165) is 49.2 Å². The molecule has 1 aromatic carbocycles. The first-order valence-electron chi connectivity index (χ1n) is 10.6. The molecule has 32 heavy (non-hydrogen) atoms. The van der Waals surface area contributed by atoms with Crippen molar-refractivity contribution in [1.29, 1.82) is 0 Å². The zero-order chi connectivity index (χ0) is 22.7. The number of piperazine rings is 1. The van der Waals surface area contributed by atoms with E-state index in [-0.39, 0.29) is 11.8 Å². The summed E-state index contributed by atoms with van der Waals surface area (Å²) in [4.78, 5) is 19.4. The van der Waals surface area contributed by atoms with Gasteiger partial charge in [0.25, 0.3) is 5.91 Å². The van der Waals surface area contributed by atoms with Crippen LogP contribution in [0.15, 0.2) is 41.5 Å². The number of hydrogen-bond donors (Lipinski definition) is 1. The van der Waals surface area contributed by atoms with Crippen LogP contribution in [0.3, 0.4) is 0 Å². The molecule has 0 unspecified atom stereocenters. The Morgan fingerprint density at radius 3 is 2.81 bits per heavy atom. The standard InChI is InChI=1S/C23H27FN6O2/c1-16-18-8-7-17(32-21-6-4-5-20(24)27-21)15-19(18)28(3)22(16)23(31)30(25-2)14-13-29-11-9-26-10-12-29/h4-8,15,26H,2,9-14H2,1,3H3. The van der Waals surface area contributed by atoms with Gasteiger partial charge in [0.05, 0.1) is 12.1 Å². The highest BCUT2D eigenvalue weighted by Gasteiger charge is 2.24. The van der Waals surface area contributed by atoms with Crippen LogP contribution in [0.4, 0.5) is 4.39 Å². The van der Waals surface area contributed by atoms with Crippen LogP contribution in [0.5, 0.6) is 11.6 Å². The molecule has 1 aliphatic heterocycles. The fourth-order valence-electron chi connectivity index (χ4n) is 4.07. The van der Waals surface area contributed by atoms with Crippen LogP contribution in [-0.4, -0.2) is 71.4 Å². The zero-order valence-corrected chi connectivity index (χ0v) is 18.3. The Bertz CT molecular complexity index is 1140. The van der Waals surface area contributed by atoms with Crippen molar-refractivity contribution >= 4 is 23.5 Å². The number of nitrogens with zero attached hydrogens (tertiary/aromatic N) is 5. The number of hydrogen-bond acceptors (Lipinski definition) is 6. The van der Waals surface area contributed by atoms with Crippen LogP contribution in [0, 0.1) is 12.9 Å². The summed E-state index contributed by atoms with van der Waals surface area (Å²) >= 11 is 0. The third-order valence-electron chi connectivity index (χ3n) is 5.78. The Balaban J connectivity index is 1.57. The van der Waals surface area contributed by atoms with Crippen molar-refractivity contribution in [2.24, 2.45) is 12.1 Å². The molecular weight excluding hydrogens is 411 g/mol. The summed E-state index contributed by atoms with van der Waals surface area (Å²) in [5.74, 6) is -0.126. The second-order valence-electron chi connectivity index (χ2n) is 7.77. The van der Waals surface area contributed by atoms with Gasteiger partial charge in [0.15, 0.2) is 0 Å². The minimum Gasteiger partial charge on any atom is -0.439 e. The average molecular weight is 439 g/mol. The van der Waals surface area contributed by atoms with Crippen molar-refractivity contribution in [3.63, 3.8) is 0 Å². The quantitative estimate of drug-likeness (QED) is 0.349. The molecule has 0 bridgehead atoms. The maximum absolute atomic E-state index is 13.4. The summed E-state index contributed by atoms with van der Waals surface area (Å²) in [7, 11) is 1.84. The molecule has 8 nitrogen and oxygen atoms in total. The normalized spacial score (nSPS) is 14.5. The van der Waals surface area contributed by atoms with Gasteiger partial charge in [0.1, 0.15) is 11.4 Å². The van der Waals surface area contributed by atoms with Gasteiger partial charge >= 0.3 is 0 Å². The molecule has 168 valence electrons. The summed E-state index contributed by atoms with van der Waals surface area (Å²) in [5, 5.41) is 9.68. The smallest absolute Gasteiger partial charge is 0.290 e. The van der Waals surface area contributed by atoms with E-state index in [1.54, 1.807) is 12.1 Å². The molecule has 1 saturated heterocycles. The van der Waals surface area contributed by atoms with Crippen molar-refractivity contribution in [2.45, 2.75) is 6.92 Å². The molecule has 9 heteroatoms. The van der Waals surface area contributed by atoms with Gasteiger partial charge in [-0.05, 0) is 30.7 Å². The number of aryl methyl sites for hydroxylation is 2. The highest BCUT2D eigenvalue weighted by molar-refractivity contribution is 6.01. The van der Waals surface area contributed by atoms with Crippen molar-refractivity contribution in [2.75, 3.05) is 39.3 Å². The summed E-state index contributed by atoms with van der Waals surface area (Å²) in [6.07, 6.45) is 0. The predicted molar refractivity (Wildman–Crippen MR) is 122 cm³/mol. The van der Waals surface area contributed by atoms with Gasteiger partial charge in [-0.3, -0.25) is 9.69 Å². The maximum atomic E-state index is 13.4. The highest BCUT2D eigenvalue weighted by atomic mass is 19.1. The van der Waals surface area contributed by atoms with E-state index in [4.69, 9.17) is 4.74 Å². The molecule has 0 atom stereocenters. The first-order valence-corrected chi connectivity index (χ1v) is 10.6. The average Bonchev–Trinajstić information content (AvgIpc) is 3.04. The molecule has 3 heterocycles. The number of ether oxygens (including phenoxy) is 1. The Labute approximate surface area is 186 Å². The number of aromatic nitrogens is 2. The minimum atomic E-state index is -0.607. The van der Waals surface area contributed by atoms with Crippen molar-refractivity contribution in [3.05, 3.63) is 53.6 Å². The van der Waals surface area contributed by atoms with Gasteiger partial charge in [-0.15, -0.1) is 0 Å². The van der Waals surface area contributed by atoms with Crippen LogP contribution >= 0.6 is 0 Å². The van der Waals surface area contributed by atoms with Crippen LogP contribution in [0.2, 0.25) is 0 Å². The number of benzene rings is 1. The number of halogens is 1. The maximum Gasteiger partial charge on any atom is 0.290 e. The lowest BCUT2D eigenvalue weighted by Gasteiger charge is -2.28. The molecular formula is C23H27FN6O2. The molecule has 1 amide bonds. The minimum absolute atomic E-state index is 0.168. The van der Waals surface area contributed by atoms with Gasteiger partial charge in [0.2, 0.25) is 11.8 Å². The van der Waals surface area contributed by atoms with E-state index < -0.39 is 5.95 Å². The van der Waals surface area contributed by atoms with Gasteiger partial charge < -0.3 is 14.6 Å². The number of carbonyl (C=O) groups excluding carboxylic acids is 1. The molecule has 4 rings (SSSR count). The molecule has 3 aromatic rings. The fourth-order valence-corrected chi connectivity index (χ4v) is 4.07. The predicted octanol–water partition coefficient (Wildman–Crippen LogP) is 2.78. The topological polar surface area (TPSA) is 75.0 Å². The van der Waals surface area contributed by atoms with E-state index in [0.29, 0.717) is 18.0 Å². The lowest BCUT2D eigenvalue weighted by molar-refractivity contribution is 0.0729. The summed E-state index contributed by atoms with van der Waals surface area (Å²) in [6.45, 7) is 10.6. The number of pyridine rings is 1. The number of hydrazone groups is 1. The van der Waals surface area contributed by atoms with E-state index >= 15 is 0 Å². The van der Waals surface area contributed by atoms with Crippen LogP contribution in [0.25, 0.3) is 10.9 Å². The van der Waals surface area contributed by atoms with E-state index in [1.165, 1.54) is 17.1 Å². The van der Waals surface area contributed by atoms with Gasteiger partial charge in [-0.2, -0.15) is 14.5 Å². The summed E-state index contributed by atoms with van der Waals surface area (Å²) in [6, 6.07) is 9.88.